The molecule has 154 valence electrons. The van der Waals surface area contributed by atoms with Crippen LogP contribution in [-0.4, -0.2) is 40.8 Å². The minimum absolute atomic E-state index is 0.125. The van der Waals surface area contributed by atoms with Gasteiger partial charge in [0.25, 0.3) is 0 Å². The van der Waals surface area contributed by atoms with Crippen molar-refractivity contribution >= 4 is 11.8 Å². The van der Waals surface area contributed by atoms with Gasteiger partial charge in [0.05, 0.1) is 18.8 Å². The Morgan fingerprint density at radius 3 is 2.70 bits per heavy atom. The molecule has 0 amide bonds. The first-order valence-corrected chi connectivity index (χ1v) is 10.1. The number of aliphatic hydroxyl groups is 2. The molecule has 0 radical (unpaired) electrons. The van der Waals surface area contributed by atoms with E-state index in [0.29, 0.717) is 6.42 Å². The molecule has 0 aromatic heterocycles. The van der Waals surface area contributed by atoms with Gasteiger partial charge in [0.1, 0.15) is 5.78 Å². The van der Waals surface area contributed by atoms with Gasteiger partial charge in [-0.15, -0.1) is 0 Å². The Labute approximate surface area is 163 Å². The summed E-state index contributed by atoms with van der Waals surface area (Å²) in [5, 5.41) is 20.6. The molecule has 4 atom stereocenters. The van der Waals surface area contributed by atoms with E-state index in [9.17, 15) is 19.8 Å². The van der Waals surface area contributed by atoms with E-state index < -0.39 is 11.7 Å². The van der Waals surface area contributed by atoms with Crippen LogP contribution >= 0.6 is 0 Å². The van der Waals surface area contributed by atoms with Crippen LogP contribution in [0.1, 0.15) is 71.6 Å². The number of allylic oxidation sites excluding steroid dienone is 1. The van der Waals surface area contributed by atoms with Crippen LogP contribution in [-0.2, 0) is 14.3 Å². The largest absolute Gasteiger partial charge is 0.466 e. The standard InChI is InChI=1S/C22H36O5/c1-4-5-14-22(2,26)15-10-12-18-17(19(23)16-20(18)24)11-8-6-7-9-13-21(25)27-3/h9-10,12-13,17-18,20,24,26H,4-8,11,14-16H2,1-3H3. The highest BCUT2D eigenvalue weighted by Gasteiger charge is 2.39. The van der Waals surface area contributed by atoms with E-state index in [0.717, 1.165) is 44.9 Å². The third-order valence-electron chi connectivity index (χ3n) is 5.31. The lowest BCUT2D eigenvalue weighted by molar-refractivity contribution is -0.134. The van der Waals surface area contributed by atoms with Gasteiger partial charge in [0, 0.05) is 24.3 Å². The summed E-state index contributed by atoms with van der Waals surface area (Å²) in [7, 11) is 1.35. The summed E-state index contributed by atoms with van der Waals surface area (Å²) in [6.07, 6.45) is 13.2. The van der Waals surface area contributed by atoms with Crippen LogP contribution in [0.5, 0.6) is 0 Å². The molecule has 5 nitrogen and oxygen atoms in total. The fourth-order valence-corrected chi connectivity index (χ4v) is 3.60. The Balaban J connectivity index is 2.47. The zero-order valence-electron chi connectivity index (χ0n) is 17.0. The first kappa shape index (κ1) is 23.6. The van der Waals surface area contributed by atoms with E-state index in [-0.39, 0.29) is 30.0 Å². The van der Waals surface area contributed by atoms with E-state index in [1.807, 2.05) is 19.1 Å². The van der Waals surface area contributed by atoms with Gasteiger partial charge in [-0.05, 0) is 39.0 Å². The third-order valence-corrected chi connectivity index (χ3v) is 5.31. The number of carbonyl (C=O) groups excluding carboxylic acids is 2. The minimum atomic E-state index is -0.735. The molecule has 0 bridgehead atoms. The van der Waals surface area contributed by atoms with E-state index >= 15 is 0 Å². The van der Waals surface area contributed by atoms with Gasteiger partial charge in [-0.2, -0.15) is 0 Å². The molecule has 2 N–H and O–H groups in total. The van der Waals surface area contributed by atoms with Crippen LogP contribution in [0.2, 0.25) is 0 Å². The maximum Gasteiger partial charge on any atom is 0.330 e. The first-order valence-electron chi connectivity index (χ1n) is 10.1. The molecule has 0 aliphatic heterocycles. The minimum Gasteiger partial charge on any atom is -0.466 e. The molecule has 1 fully saturated rings. The second-order valence-electron chi connectivity index (χ2n) is 7.86. The summed E-state index contributed by atoms with van der Waals surface area (Å²) in [6.45, 7) is 3.94. The quantitative estimate of drug-likeness (QED) is 0.233. The van der Waals surface area contributed by atoms with Gasteiger partial charge in [-0.3, -0.25) is 4.79 Å². The number of ketones is 1. The molecule has 27 heavy (non-hydrogen) atoms. The Bertz CT molecular complexity index is 521. The molecule has 1 saturated carbocycles. The first-order chi connectivity index (χ1) is 12.8. The lowest BCUT2D eigenvalue weighted by atomic mass is 9.87. The van der Waals surface area contributed by atoms with Crippen molar-refractivity contribution in [2.24, 2.45) is 11.8 Å². The van der Waals surface area contributed by atoms with Crippen LogP contribution < -0.4 is 0 Å². The molecule has 0 aromatic rings. The monoisotopic (exact) mass is 380 g/mol. The van der Waals surface area contributed by atoms with Crippen molar-refractivity contribution in [3.05, 3.63) is 24.3 Å². The van der Waals surface area contributed by atoms with E-state index in [1.54, 1.807) is 6.08 Å². The van der Waals surface area contributed by atoms with Gasteiger partial charge in [0.15, 0.2) is 0 Å². The third kappa shape index (κ3) is 8.85. The van der Waals surface area contributed by atoms with Crippen molar-refractivity contribution < 1.29 is 24.5 Å². The fourth-order valence-electron chi connectivity index (χ4n) is 3.60. The second kappa shape index (κ2) is 12.1. The number of hydrogen-bond donors (Lipinski definition) is 2. The van der Waals surface area contributed by atoms with Gasteiger partial charge < -0.3 is 14.9 Å². The molecule has 0 aromatic carbocycles. The maximum atomic E-state index is 12.2. The SMILES string of the molecule is CCCCC(C)(O)CC=CC1C(O)CC(=O)C1CCCCC=CC(=O)OC. The van der Waals surface area contributed by atoms with Crippen LogP contribution in [0.15, 0.2) is 24.3 Å². The Morgan fingerprint density at radius 1 is 1.30 bits per heavy atom. The fraction of sp³-hybridized carbons (Fsp3) is 0.727. The lowest BCUT2D eigenvalue weighted by Crippen LogP contribution is -2.23. The van der Waals surface area contributed by atoms with Crippen LogP contribution in [0.4, 0.5) is 0 Å². The number of esters is 1. The van der Waals surface area contributed by atoms with Crippen molar-refractivity contribution in [2.75, 3.05) is 7.11 Å². The predicted octanol–water partition coefficient (Wildman–Crippen LogP) is 3.73. The summed E-state index contributed by atoms with van der Waals surface area (Å²) in [5.74, 6) is -0.546. The van der Waals surface area contributed by atoms with Crippen molar-refractivity contribution in [3.8, 4) is 0 Å². The van der Waals surface area contributed by atoms with Gasteiger partial charge in [0.2, 0.25) is 0 Å². The number of methoxy groups -OCH3 is 1. The molecule has 1 aliphatic rings. The number of aliphatic hydroxyl groups excluding tert-OH is 1. The summed E-state index contributed by atoms with van der Waals surface area (Å²) < 4.78 is 4.54. The van der Waals surface area contributed by atoms with Crippen LogP contribution in [0.25, 0.3) is 0 Å². The molecular formula is C22H36O5. The second-order valence-corrected chi connectivity index (χ2v) is 7.86. The van der Waals surface area contributed by atoms with Crippen molar-refractivity contribution in [1.82, 2.24) is 0 Å². The smallest absolute Gasteiger partial charge is 0.330 e. The number of ether oxygens (including phenoxy) is 1. The average molecular weight is 381 g/mol. The van der Waals surface area contributed by atoms with Gasteiger partial charge >= 0.3 is 5.97 Å². The molecule has 1 rings (SSSR count). The summed E-state index contributed by atoms with van der Waals surface area (Å²) in [5.41, 5.74) is -0.735. The lowest BCUT2D eigenvalue weighted by Gasteiger charge is -2.22. The molecule has 5 heteroatoms. The number of carbonyl (C=O) groups is 2. The van der Waals surface area contributed by atoms with Gasteiger partial charge in [-0.1, -0.05) is 44.4 Å². The number of hydrogen-bond acceptors (Lipinski definition) is 5. The zero-order valence-corrected chi connectivity index (χ0v) is 17.0. The average Bonchev–Trinajstić information content (AvgIpc) is 2.89. The van der Waals surface area contributed by atoms with E-state index in [1.165, 1.54) is 13.2 Å². The Morgan fingerprint density at radius 2 is 2.04 bits per heavy atom. The Hall–Kier alpha value is -1.46. The topological polar surface area (TPSA) is 83.8 Å². The van der Waals surface area contributed by atoms with E-state index in [4.69, 9.17) is 0 Å². The normalized spacial score (nSPS) is 25.4. The highest BCUT2D eigenvalue weighted by molar-refractivity contribution is 5.84. The summed E-state index contributed by atoms with van der Waals surface area (Å²) in [4.78, 5) is 23.2. The van der Waals surface area contributed by atoms with Crippen LogP contribution in [0.3, 0.4) is 0 Å². The summed E-state index contributed by atoms with van der Waals surface area (Å²) in [6, 6.07) is 0. The number of rotatable bonds is 12. The Kier molecular flexibility index (Phi) is 10.6. The molecule has 0 heterocycles. The molecule has 4 unspecified atom stereocenters. The summed E-state index contributed by atoms with van der Waals surface area (Å²) >= 11 is 0. The van der Waals surface area contributed by atoms with Crippen molar-refractivity contribution in [3.63, 3.8) is 0 Å². The van der Waals surface area contributed by atoms with Crippen LogP contribution in [0, 0.1) is 11.8 Å². The van der Waals surface area contributed by atoms with E-state index in [2.05, 4.69) is 11.7 Å². The number of unbranched alkanes of at least 4 members (excludes halogenated alkanes) is 3. The maximum absolute atomic E-state index is 12.2. The molecular weight excluding hydrogens is 344 g/mol. The zero-order chi connectivity index (χ0) is 20.3. The molecule has 1 aliphatic carbocycles. The number of Topliss-reactive ketones (excluding diaryl/α,β-unsaturated/α-hetero) is 1. The molecule has 0 saturated heterocycles. The predicted molar refractivity (Wildman–Crippen MR) is 106 cm³/mol. The van der Waals surface area contributed by atoms with Crippen molar-refractivity contribution in [1.29, 1.82) is 0 Å². The molecule has 0 spiro atoms. The van der Waals surface area contributed by atoms with Crippen molar-refractivity contribution in [2.45, 2.75) is 83.3 Å². The van der Waals surface area contributed by atoms with Gasteiger partial charge in [-0.25, -0.2) is 4.79 Å². The highest BCUT2D eigenvalue weighted by Crippen LogP contribution is 2.34. The highest BCUT2D eigenvalue weighted by atomic mass is 16.5.